The summed E-state index contributed by atoms with van der Waals surface area (Å²) in [6.07, 6.45) is 3.19. The number of aromatic nitrogens is 1. The highest BCUT2D eigenvalue weighted by Crippen LogP contribution is 2.52. The SMILES string of the molecule is CC1(C)CC(=O)C2=C(C1)c1c(ccc3ccccc13)NC2c1cccn1-c1cccc([N+](=O)[O-])c1. The fraction of sp³-hybridized carbons (Fsp3) is 0.207. The normalized spacial score (nSPS) is 18.7. The molecule has 0 saturated carbocycles. The zero-order chi connectivity index (χ0) is 24.3. The number of fused-ring (bicyclic) bond motifs is 4. The fourth-order valence-corrected chi connectivity index (χ4v) is 5.68. The summed E-state index contributed by atoms with van der Waals surface area (Å²) >= 11 is 0. The number of allylic oxidation sites excluding steroid dienone is 1. The lowest BCUT2D eigenvalue weighted by atomic mass is 9.68. The summed E-state index contributed by atoms with van der Waals surface area (Å²) in [5.74, 6) is 0.152. The summed E-state index contributed by atoms with van der Waals surface area (Å²) in [6.45, 7) is 4.31. The van der Waals surface area contributed by atoms with E-state index in [1.54, 1.807) is 12.1 Å². The van der Waals surface area contributed by atoms with Crippen molar-refractivity contribution in [3.05, 3.63) is 106 Å². The van der Waals surface area contributed by atoms with Crippen molar-refractivity contribution in [2.24, 2.45) is 5.41 Å². The van der Waals surface area contributed by atoms with E-state index in [1.165, 1.54) is 6.07 Å². The van der Waals surface area contributed by atoms with Gasteiger partial charge in [0.15, 0.2) is 5.78 Å². The molecule has 6 rings (SSSR count). The lowest BCUT2D eigenvalue weighted by Gasteiger charge is -2.40. The van der Waals surface area contributed by atoms with Crippen molar-refractivity contribution in [3.8, 4) is 5.69 Å². The zero-order valence-corrected chi connectivity index (χ0v) is 19.6. The number of Topliss-reactive ketones (excluding diaryl/α,β-unsaturated/α-hetero) is 1. The number of nitrogens with zero attached hydrogens (tertiary/aromatic N) is 2. The molecule has 0 bridgehead atoms. The number of hydrogen-bond donors (Lipinski definition) is 1. The summed E-state index contributed by atoms with van der Waals surface area (Å²) < 4.78 is 1.94. The number of hydrogen-bond acceptors (Lipinski definition) is 4. The topological polar surface area (TPSA) is 77.2 Å². The highest BCUT2D eigenvalue weighted by Gasteiger charge is 2.41. The number of nitro benzene ring substituents is 1. The second-order valence-electron chi connectivity index (χ2n) is 10.2. The van der Waals surface area contributed by atoms with Crippen molar-refractivity contribution in [2.45, 2.75) is 32.7 Å². The quantitative estimate of drug-likeness (QED) is 0.266. The lowest BCUT2D eigenvalue weighted by Crippen LogP contribution is -2.33. The van der Waals surface area contributed by atoms with E-state index in [-0.39, 0.29) is 27.9 Å². The summed E-state index contributed by atoms with van der Waals surface area (Å²) in [5, 5.41) is 17.3. The number of ketones is 1. The van der Waals surface area contributed by atoms with Crippen LogP contribution in [-0.4, -0.2) is 15.3 Å². The minimum atomic E-state index is -0.389. The maximum atomic E-state index is 13.7. The summed E-state index contributed by atoms with van der Waals surface area (Å²) in [7, 11) is 0. The largest absolute Gasteiger partial charge is 0.372 e. The molecule has 6 nitrogen and oxygen atoms in total. The minimum Gasteiger partial charge on any atom is -0.372 e. The Morgan fingerprint density at radius 2 is 1.83 bits per heavy atom. The molecule has 2 heterocycles. The van der Waals surface area contributed by atoms with E-state index in [0.29, 0.717) is 12.1 Å². The molecule has 2 aliphatic rings. The highest BCUT2D eigenvalue weighted by molar-refractivity contribution is 6.12. The van der Waals surface area contributed by atoms with Crippen LogP contribution < -0.4 is 5.32 Å². The predicted molar refractivity (Wildman–Crippen MR) is 138 cm³/mol. The van der Waals surface area contributed by atoms with Crippen LogP contribution in [0, 0.1) is 15.5 Å². The first-order valence-corrected chi connectivity index (χ1v) is 11.8. The summed E-state index contributed by atoms with van der Waals surface area (Å²) in [6, 6.07) is 22.6. The Balaban J connectivity index is 1.57. The van der Waals surface area contributed by atoms with Crippen molar-refractivity contribution in [1.82, 2.24) is 4.57 Å². The van der Waals surface area contributed by atoms with Gasteiger partial charge in [-0.2, -0.15) is 0 Å². The number of rotatable bonds is 3. The Bertz CT molecular complexity index is 1560. The molecule has 1 unspecified atom stereocenters. The standard InChI is InChI=1S/C29H25N3O3/c1-29(2)16-22-26-21-10-4-3-7-18(21)12-13-23(26)30-28(27(22)25(33)17-29)24-11-6-14-31(24)19-8-5-9-20(15-19)32(34)35/h3-15,28,30H,16-17H2,1-2H3. The van der Waals surface area contributed by atoms with Gasteiger partial charge < -0.3 is 9.88 Å². The van der Waals surface area contributed by atoms with Crippen LogP contribution in [0.3, 0.4) is 0 Å². The number of nitro groups is 1. The smallest absolute Gasteiger partial charge is 0.271 e. The molecule has 0 radical (unpaired) electrons. The van der Waals surface area contributed by atoms with Crippen molar-refractivity contribution in [1.29, 1.82) is 0 Å². The fourth-order valence-electron chi connectivity index (χ4n) is 5.68. The van der Waals surface area contributed by atoms with Crippen LogP contribution in [0.1, 0.15) is 44.0 Å². The van der Waals surface area contributed by atoms with Gasteiger partial charge in [0.2, 0.25) is 0 Å². The first-order valence-electron chi connectivity index (χ1n) is 11.8. The third-order valence-corrected chi connectivity index (χ3v) is 7.13. The Morgan fingerprint density at radius 1 is 1.00 bits per heavy atom. The molecular formula is C29H25N3O3. The van der Waals surface area contributed by atoms with Crippen LogP contribution in [0.15, 0.2) is 84.6 Å². The summed E-state index contributed by atoms with van der Waals surface area (Å²) in [5.41, 5.74) is 5.50. The van der Waals surface area contributed by atoms with Gasteiger partial charge in [-0.15, -0.1) is 0 Å². The Labute approximate surface area is 203 Å². The Hall–Kier alpha value is -4.19. The maximum absolute atomic E-state index is 13.7. The molecule has 35 heavy (non-hydrogen) atoms. The Morgan fingerprint density at radius 3 is 2.66 bits per heavy atom. The lowest BCUT2D eigenvalue weighted by molar-refractivity contribution is -0.384. The Kier molecular flexibility index (Phi) is 4.68. The van der Waals surface area contributed by atoms with Crippen molar-refractivity contribution < 1.29 is 9.72 Å². The monoisotopic (exact) mass is 463 g/mol. The van der Waals surface area contributed by atoms with E-state index in [4.69, 9.17) is 0 Å². The summed E-state index contributed by atoms with van der Waals surface area (Å²) in [4.78, 5) is 24.7. The van der Waals surface area contributed by atoms with Crippen LogP contribution in [0.4, 0.5) is 11.4 Å². The third-order valence-electron chi connectivity index (χ3n) is 7.13. The molecule has 3 aromatic carbocycles. The van der Waals surface area contributed by atoms with Crippen molar-refractivity contribution >= 4 is 33.5 Å². The molecule has 0 fully saturated rings. The number of nitrogens with one attached hydrogen (secondary N) is 1. The van der Waals surface area contributed by atoms with Crippen LogP contribution in [-0.2, 0) is 4.79 Å². The van der Waals surface area contributed by atoms with Crippen LogP contribution in [0.5, 0.6) is 0 Å². The highest BCUT2D eigenvalue weighted by atomic mass is 16.6. The first kappa shape index (κ1) is 21.4. The van der Waals surface area contributed by atoms with Crippen molar-refractivity contribution in [2.75, 3.05) is 5.32 Å². The molecule has 1 aliphatic heterocycles. The van der Waals surface area contributed by atoms with Gasteiger partial charge in [-0.05, 0) is 52.4 Å². The second-order valence-corrected chi connectivity index (χ2v) is 10.2. The maximum Gasteiger partial charge on any atom is 0.271 e. The van der Waals surface area contributed by atoms with Gasteiger partial charge in [0.05, 0.1) is 16.7 Å². The molecule has 1 aromatic heterocycles. The van der Waals surface area contributed by atoms with Crippen LogP contribution >= 0.6 is 0 Å². The van der Waals surface area contributed by atoms with E-state index in [9.17, 15) is 14.9 Å². The molecule has 1 N–H and O–H groups in total. The predicted octanol–water partition coefficient (Wildman–Crippen LogP) is 6.85. The van der Waals surface area contributed by atoms with Gasteiger partial charge in [0.25, 0.3) is 5.69 Å². The molecule has 174 valence electrons. The van der Waals surface area contributed by atoms with Crippen molar-refractivity contribution in [3.63, 3.8) is 0 Å². The van der Waals surface area contributed by atoms with E-state index >= 15 is 0 Å². The van der Waals surface area contributed by atoms with Crippen LogP contribution in [0.25, 0.3) is 22.0 Å². The molecular weight excluding hydrogens is 438 g/mol. The zero-order valence-electron chi connectivity index (χ0n) is 19.6. The van der Waals surface area contributed by atoms with Gasteiger partial charge >= 0.3 is 0 Å². The second kappa shape index (κ2) is 7.67. The number of non-ortho nitro benzene ring substituents is 1. The van der Waals surface area contributed by atoms with Gasteiger partial charge in [-0.1, -0.05) is 50.2 Å². The van der Waals surface area contributed by atoms with E-state index in [2.05, 4.69) is 43.4 Å². The van der Waals surface area contributed by atoms with Crippen LogP contribution in [0.2, 0.25) is 0 Å². The molecule has 4 aromatic rings. The molecule has 0 saturated heterocycles. The number of anilines is 1. The van der Waals surface area contributed by atoms with Gasteiger partial charge in [-0.25, -0.2) is 0 Å². The minimum absolute atomic E-state index is 0.0333. The van der Waals surface area contributed by atoms with E-state index < -0.39 is 0 Å². The average Bonchev–Trinajstić information content (AvgIpc) is 3.32. The average molecular weight is 464 g/mol. The first-order chi connectivity index (χ1) is 16.8. The molecule has 0 spiro atoms. The molecule has 6 heteroatoms. The number of benzene rings is 3. The molecule has 1 aliphatic carbocycles. The molecule has 1 atom stereocenters. The molecule has 0 amide bonds. The number of carbonyl (C=O) groups is 1. The van der Waals surface area contributed by atoms with Gasteiger partial charge in [-0.3, -0.25) is 14.9 Å². The van der Waals surface area contributed by atoms with E-state index in [0.717, 1.165) is 45.3 Å². The number of carbonyl (C=O) groups excluding carboxylic acids is 1. The van der Waals surface area contributed by atoms with Gasteiger partial charge in [0, 0.05) is 47.3 Å². The van der Waals surface area contributed by atoms with E-state index in [1.807, 2.05) is 41.1 Å². The third kappa shape index (κ3) is 3.44. The van der Waals surface area contributed by atoms with Gasteiger partial charge in [0.1, 0.15) is 0 Å².